The summed E-state index contributed by atoms with van der Waals surface area (Å²) in [5.41, 5.74) is 3.09. The molecule has 0 saturated carbocycles. The average molecular weight is 406 g/mol. The van der Waals surface area contributed by atoms with Gasteiger partial charge in [0.15, 0.2) is 5.69 Å². The second-order valence-corrected chi connectivity index (χ2v) is 6.61. The largest absolute Gasteiger partial charge is 0.501 e. The minimum Gasteiger partial charge on any atom is -0.501 e. The standard InChI is InChI=1S/C24H26N2O4/c1-4-30-15-14-21-23(24(27)29-3)25-22(16-18-8-6-5-7-9-18)26(21)17-19-10-12-20(28-2)13-11-19/h5-15H,4,16-17H2,1-3H3. The molecule has 3 aromatic rings. The maximum Gasteiger partial charge on any atom is 0.358 e. The number of ether oxygens (including phenoxy) is 3. The number of carbonyl (C=O) groups excluding carboxylic acids is 1. The van der Waals surface area contributed by atoms with Gasteiger partial charge in [-0.1, -0.05) is 42.5 Å². The number of hydrogen-bond donors (Lipinski definition) is 0. The van der Waals surface area contributed by atoms with Crippen LogP contribution in [0.1, 0.15) is 40.1 Å². The lowest BCUT2D eigenvalue weighted by Gasteiger charge is -2.12. The molecular weight excluding hydrogens is 380 g/mol. The first-order chi connectivity index (χ1) is 14.7. The molecule has 0 aliphatic heterocycles. The quantitative estimate of drug-likeness (QED) is 0.391. The molecule has 30 heavy (non-hydrogen) atoms. The molecule has 0 amide bonds. The van der Waals surface area contributed by atoms with Crippen molar-refractivity contribution in [3.05, 3.63) is 89.2 Å². The van der Waals surface area contributed by atoms with Gasteiger partial charge >= 0.3 is 5.97 Å². The Bertz CT molecular complexity index is 992. The predicted molar refractivity (Wildman–Crippen MR) is 116 cm³/mol. The van der Waals surface area contributed by atoms with Crippen molar-refractivity contribution in [2.45, 2.75) is 19.9 Å². The third-order valence-electron chi connectivity index (χ3n) is 4.66. The maximum absolute atomic E-state index is 12.4. The third kappa shape index (κ3) is 5.08. The molecule has 0 N–H and O–H groups in total. The molecule has 0 atom stereocenters. The molecule has 2 aromatic carbocycles. The van der Waals surface area contributed by atoms with Crippen molar-refractivity contribution in [2.75, 3.05) is 20.8 Å². The Kier molecular flexibility index (Phi) is 7.27. The van der Waals surface area contributed by atoms with Crippen LogP contribution in [-0.2, 0) is 22.4 Å². The Balaban J connectivity index is 2.07. The summed E-state index contributed by atoms with van der Waals surface area (Å²) in [7, 11) is 3.00. The summed E-state index contributed by atoms with van der Waals surface area (Å²) in [6, 6.07) is 17.9. The van der Waals surface area contributed by atoms with E-state index in [-0.39, 0.29) is 5.69 Å². The van der Waals surface area contributed by atoms with Crippen LogP contribution in [0.15, 0.2) is 60.9 Å². The number of methoxy groups -OCH3 is 2. The minimum absolute atomic E-state index is 0.271. The number of rotatable bonds is 9. The van der Waals surface area contributed by atoms with Crippen molar-refractivity contribution in [3.63, 3.8) is 0 Å². The smallest absolute Gasteiger partial charge is 0.358 e. The average Bonchev–Trinajstić information content (AvgIpc) is 3.11. The van der Waals surface area contributed by atoms with Gasteiger partial charge < -0.3 is 18.8 Å². The Morgan fingerprint density at radius 1 is 1.03 bits per heavy atom. The molecule has 0 radical (unpaired) electrons. The number of imidazole rings is 1. The van der Waals surface area contributed by atoms with E-state index in [1.165, 1.54) is 7.11 Å². The lowest BCUT2D eigenvalue weighted by atomic mass is 10.1. The highest BCUT2D eigenvalue weighted by Crippen LogP contribution is 2.21. The number of hydrogen-bond acceptors (Lipinski definition) is 5. The summed E-state index contributed by atoms with van der Waals surface area (Å²) in [6.07, 6.45) is 3.94. The molecule has 0 spiro atoms. The summed E-state index contributed by atoms with van der Waals surface area (Å²) < 4.78 is 17.6. The van der Waals surface area contributed by atoms with E-state index in [0.29, 0.717) is 25.3 Å². The first-order valence-electron chi connectivity index (χ1n) is 9.79. The van der Waals surface area contributed by atoms with E-state index in [9.17, 15) is 4.79 Å². The summed E-state index contributed by atoms with van der Waals surface area (Å²) in [4.78, 5) is 17.1. The first-order valence-corrected chi connectivity index (χ1v) is 9.79. The van der Waals surface area contributed by atoms with Gasteiger partial charge in [0.05, 0.1) is 32.8 Å². The fourth-order valence-corrected chi connectivity index (χ4v) is 3.14. The van der Waals surface area contributed by atoms with Gasteiger partial charge in [-0.05, 0) is 36.3 Å². The lowest BCUT2D eigenvalue weighted by molar-refractivity contribution is 0.0594. The minimum atomic E-state index is -0.478. The van der Waals surface area contributed by atoms with Crippen LogP contribution in [-0.4, -0.2) is 36.3 Å². The van der Waals surface area contributed by atoms with Gasteiger partial charge in [0, 0.05) is 13.0 Å². The number of carbonyl (C=O) groups is 1. The van der Waals surface area contributed by atoms with Gasteiger partial charge in [0.2, 0.25) is 0 Å². The topological polar surface area (TPSA) is 62.6 Å². The molecule has 0 unspecified atom stereocenters. The second kappa shape index (κ2) is 10.3. The Hall–Kier alpha value is -3.54. The molecule has 156 valence electrons. The highest BCUT2D eigenvalue weighted by molar-refractivity contribution is 5.91. The molecule has 1 aromatic heterocycles. The van der Waals surface area contributed by atoms with E-state index in [4.69, 9.17) is 14.2 Å². The normalized spacial score (nSPS) is 10.9. The summed E-state index contributed by atoms with van der Waals surface area (Å²) >= 11 is 0. The van der Waals surface area contributed by atoms with Crippen LogP contribution in [0.25, 0.3) is 6.08 Å². The van der Waals surface area contributed by atoms with Gasteiger partial charge in [-0.2, -0.15) is 0 Å². The van der Waals surface area contributed by atoms with E-state index in [0.717, 1.165) is 22.7 Å². The van der Waals surface area contributed by atoms with Crippen molar-refractivity contribution in [1.29, 1.82) is 0 Å². The van der Waals surface area contributed by atoms with Gasteiger partial charge in [-0.3, -0.25) is 0 Å². The number of nitrogens with zero attached hydrogens (tertiary/aromatic N) is 2. The van der Waals surface area contributed by atoms with Crippen molar-refractivity contribution in [1.82, 2.24) is 9.55 Å². The second-order valence-electron chi connectivity index (χ2n) is 6.61. The van der Waals surface area contributed by atoms with E-state index in [1.807, 2.05) is 66.1 Å². The van der Waals surface area contributed by atoms with Crippen molar-refractivity contribution >= 4 is 12.0 Å². The van der Waals surface area contributed by atoms with E-state index >= 15 is 0 Å². The maximum atomic E-state index is 12.4. The van der Waals surface area contributed by atoms with Crippen molar-refractivity contribution < 1.29 is 19.0 Å². The molecular formula is C24H26N2O4. The zero-order chi connectivity index (χ0) is 21.3. The summed E-state index contributed by atoms with van der Waals surface area (Å²) in [5.74, 6) is 1.09. The van der Waals surface area contributed by atoms with E-state index < -0.39 is 5.97 Å². The van der Waals surface area contributed by atoms with Crippen LogP contribution in [0.4, 0.5) is 0 Å². The van der Waals surface area contributed by atoms with Crippen LogP contribution < -0.4 is 4.74 Å². The van der Waals surface area contributed by atoms with E-state index in [2.05, 4.69) is 4.98 Å². The SMILES string of the molecule is CCOC=Cc1c(C(=O)OC)nc(Cc2ccccc2)n1Cc1ccc(OC)cc1. The van der Waals surface area contributed by atoms with E-state index in [1.54, 1.807) is 19.4 Å². The predicted octanol–water partition coefficient (Wildman–Crippen LogP) is 4.32. The first kappa shape index (κ1) is 21.2. The van der Waals surface area contributed by atoms with Crippen LogP contribution >= 0.6 is 0 Å². The zero-order valence-electron chi connectivity index (χ0n) is 17.5. The summed E-state index contributed by atoms with van der Waals surface area (Å²) in [6.45, 7) is 2.98. The van der Waals surface area contributed by atoms with Gasteiger partial charge in [-0.15, -0.1) is 0 Å². The van der Waals surface area contributed by atoms with Gasteiger partial charge in [0.25, 0.3) is 0 Å². The molecule has 6 nitrogen and oxygen atoms in total. The third-order valence-corrected chi connectivity index (χ3v) is 4.66. The number of aromatic nitrogens is 2. The molecule has 0 aliphatic rings. The zero-order valence-corrected chi connectivity index (χ0v) is 17.5. The molecule has 0 saturated heterocycles. The lowest BCUT2D eigenvalue weighted by Crippen LogP contribution is -2.09. The molecule has 1 heterocycles. The Morgan fingerprint density at radius 2 is 1.77 bits per heavy atom. The van der Waals surface area contributed by atoms with Crippen LogP contribution in [0.2, 0.25) is 0 Å². The highest BCUT2D eigenvalue weighted by atomic mass is 16.5. The molecule has 6 heteroatoms. The molecule has 0 fully saturated rings. The summed E-state index contributed by atoms with van der Waals surface area (Å²) in [5, 5.41) is 0. The van der Waals surface area contributed by atoms with Crippen LogP contribution in [0.3, 0.4) is 0 Å². The Labute approximate surface area is 176 Å². The van der Waals surface area contributed by atoms with Crippen molar-refractivity contribution in [3.8, 4) is 5.75 Å². The monoisotopic (exact) mass is 406 g/mol. The highest BCUT2D eigenvalue weighted by Gasteiger charge is 2.22. The van der Waals surface area contributed by atoms with Crippen LogP contribution in [0.5, 0.6) is 5.75 Å². The van der Waals surface area contributed by atoms with Crippen molar-refractivity contribution in [2.24, 2.45) is 0 Å². The Morgan fingerprint density at radius 3 is 2.40 bits per heavy atom. The van der Waals surface area contributed by atoms with Crippen LogP contribution in [0, 0.1) is 0 Å². The molecule has 0 aliphatic carbocycles. The van der Waals surface area contributed by atoms with Gasteiger partial charge in [-0.25, -0.2) is 9.78 Å². The van der Waals surface area contributed by atoms with Gasteiger partial charge in [0.1, 0.15) is 11.6 Å². The molecule has 0 bridgehead atoms. The fraction of sp³-hybridized carbons (Fsp3) is 0.250. The number of esters is 1. The molecule has 3 rings (SSSR count). The number of benzene rings is 2. The fourth-order valence-electron chi connectivity index (χ4n) is 3.14.